The predicted octanol–water partition coefficient (Wildman–Crippen LogP) is 4.21. The van der Waals surface area contributed by atoms with Gasteiger partial charge in [0.05, 0.1) is 23.6 Å². The summed E-state index contributed by atoms with van der Waals surface area (Å²) >= 11 is 0. The summed E-state index contributed by atoms with van der Waals surface area (Å²) < 4.78 is 6.00. The molecule has 26 heavy (non-hydrogen) atoms. The number of rotatable bonds is 3. The zero-order valence-corrected chi connectivity index (χ0v) is 13.9. The molecule has 4 heterocycles. The van der Waals surface area contributed by atoms with E-state index in [0.29, 0.717) is 17.2 Å². The van der Waals surface area contributed by atoms with Crippen LogP contribution in [0.25, 0.3) is 33.5 Å². The lowest BCUT2D eigenvalue weighted by atomic mass is 10.1. The highest BCUT2D eigenvalue weighted by Gasteiger charge is 2.19. The number of pyridine rings is 1. The number of aryl methyl sites for hydroxylation is 1. The van der Waals surface area contributed by atoms with Crippen molar-refractivity contribution in [1.29, 1.82) is 0 Å². The molecule has 0 amide bonds. The summed E-state index contributed by atoms with van der Waals surface area (Å²) in [6, 6.07) is 7.76. The van der Waals surface area contributed by atoms with E-state index in [-0.39, 0.29) is 0 Å². The first-order valence-electron chi connectivity index (χ1n) is 8.15. The Morgan fingerprint density at radius 3 is 2.77 bits per heavy atom. The molecule has 0 bridgehead atoms. The molecule has 7 nitrogen and oxygen atoms in total. The lowest BCUT2D eigenvalue weighted by Crippen LogP contribution is -1.94. The normalized spacial score (nSPS) is 11.3. The third-order valence-corrected chi connectivity index (χ3v) is 4.35. The number of aromatic nitrogens is 5. The first kappa shape index (κ1) is 14.6. The molecule has 0 saturated carbocycles. The van der Waals surface area contributed by atoms with Crippen LogP contribution in [0.15, 0.2) is 59.7 Å². The number of H-pyrrole nitrogens is 1. The van der Waals surface area contributed by atoms with Gasteiger partial charge in [-0.05, 0) is 30.7 Å². The van der Waals surface area contributed by atoms with E-state index in [4.69, 9.17) is 4.42 Å². The van der Waals surface area contributed by atoms with Crippen LogP contribution in [0.3, 0.4) is 0 Å². The van der Waals surface area contributed by atoms with Crippen LogP contribution < -0.4 is 5.32 Å². The monoisotopic (exact) mass is 342 g/mol. The van der Waals surface area contributed by atoms with Crippen LogP contribution in [-0.2, 0) is 0 Å². The van der Waals surface area contributed by atoms with E-state index in [1.54, 1.807) is 30.9 Å². The first-order valence-corrected chi connectivity index (χ1v) is 8.15. The number of furan rings is 1. The fourth-order valence-electron chi connectivity index (χ4n) is 3.07. The van der Waals surface area contributed by atoms with Crippen molar-refractivity contribution in [3.05, 3.63) is 60.8 Å². The number of hydrogen-bond donors (Lipinski definition) is 2. The predicted molar refractivity (Wildman–Crippen MR) is 99.1 cm³/mol. The van der Waals surface area contributed by atoms with E-state index in [1.807, 2.05) is 31.3 Å². The molecule has 0 saturated heterocycles. The highest BCUT2D eigenvalue weighted by molar-refractivity contribution is 6.03. The van der Waals surface area contributed by atoms with Crippen molar-refractivity contribution in [3.63, 3.8) is 0 Å². The highest BCUT2D eigenvalue weighted by Crippen LogP contribution is 2.39. The maximum absolute atomic E-state index is 6.00. The van der Waals surface area contributed by atoms with Crippen molar-refractivity contribution >= 4 is 33.2 Å². The lowest BCUT2D eigenvalue weighted by Gasteiger charge is -2.09. The van der Waals surface area contributed by atoms with Gasteiger partial charge in [0.2, 0.25) is 0 Å². The van der Waals surface area contributed by atoms with E-state index in [0.717, 1.165) is 33.2 Å². The largest absolute Gasteiger partial charge is 0.449 e. The average Bonchev–Trinajstić information content (AvgIpc) is 3.31. The summed E-state index contributed by atoms with van der Waals surface area (Å²) in [4.78, 5) is 12.8. The summed E-state index contributed by atoms with van der Waals surface area (Å²) in [5, 5.41) is 12.6. The lowest BCUT2D eigenvalue weighted by molar-refractivity contribution is 0.624. The fourth-order valence-corrected chi connectivity index (χ4v) is 3.07. The van der Waals surface area contributed by atoms with Crippen molar-refractivity contribution in [1.82, 2.24) is 25.1 Å². The second-order valence-electron chi connectivity index (χ2n) is 5.96. The molecule has 0 radical (unpaired) electrons. The molecule has 0 aliphatic carbocycles. The molecule has 7 heteroatoms. The number of anilines is 2. The molecular weight excluding hydrogens is 328 g/mol. The standard InChI is InChI=1S/C19H14N6O/c1-11-3-4-14(13-9-23-25-16(11)13)24-17-12-5-8-20-10-15(12)26-18(17)19-21-6-2-7-22-19/h2-10,24H,1H3,(H,23,25). The van der Waals surface area contributed by atoms with Crippen LogP contribution in [0, 0.1) is 6.92 Å². The van der Waals surface area contributed by atoms with E-state index < -0.39 is 0 Å². The highest BCUT2D eigenvalue weighted by atomic mass is 16.3. The molecule has 1 aromatic carbocycles. The van der Waals surface area contributed by atoms with Crippen LogP contribution >= 0.6 is 0 Å². The Morgan fingerprint density at radius 1 is 1.00 bits per heavy atom. The molecule has 126 valence electrons. The van der Waals surface area contributed by atoms with Crippen LogP contribution in [0.5, 0.6) is 0 Å². The Kier molecular flexibility index (Phi) is 3.18. The molecule has 5 rings (SSSR count). The van der Waals surface area contributed by atoms with E-state index in [1.165, 1.54) is 0 Å². The SMILES string of the molecule is Cc1ccc(Nc2c(-c3ncccn3)oc3cnccc23)c2cn[nH]c12. The van der Waals surface area contributed by atoms with Gasteiger partial charge in [0.15, 0.2) is 17.2 Å². The minimum Gasteiger partial charge on any atom is -0.449 e. The Hall–Kier alpha value is -3.74. The summed E-state index contributed by atoms with van der Waals surface area (Å²) in [5.74, 6) is 1.09. The zero-order valence-electron chi connectivity index (χ0n) is 13.9. The molecule has 0 aliphatic rings. The van der Waals surface area contributed by atoms with Gasteiger partial charge in [0.1, 0.15) is 0 Å². The molecule has 2 N–H and O–H groups in total. The maximum Gasteiger partial charge on any atom is 0.197 e. The molecule has 0 spiro atoms. The summed E-state index contributed by atoms with van der Waals surface area (Å²) in [6.07, 6.45) is 8.62. The smallest absolute Gasteiger partial charge is 0.197 e. The van der Waals surface area contributed by atoms with Crippen molar-refractivity contribution in [2.45, 2.75) is 6.92 Å². The Bertz CT molecular complexity index is 1220. The molecule has 0 atom stereocenters. The summed E-state index contributed by atoms with van der Waals surface area (Å²) in [6.45, 7) is 2.05. The van der Waals surface area contributed by atoms with Gasteiger partial charge in [0.25, 0.3) is 0 Å². The Balaban J connectivity index is 1.73. The van der Waals surface area contributed by atoms with Crippen LogP contribution in [-0.4, -0.2) is 25.1 Å². The van der Waals surface area contributed by atoms with Gasteiger partial charge in [-0.2, -0.15) is 5.10 Å². The van der Waals surface area contributed by atoms with E-state index in [9.17, 15) is 0 Å². The minimum absolute atomic E-state index is 0.516. The van der Waals surface area contributed by atoms with Crippen molar-refractivity contribution in [3.8, 4) is 11.6 Å². The van der Waals surface area contributed by atoms with Crippen LogP contribution in [0.4, 0.5) is 11.4 Å². The second kappa shape index (κ2) is 5.66. The topological polar surface area (TPSA) is 92.5 Å². The van der Waals surface area contributed by atoms with E-state index in [2.05, 4.69) is 30.5 Å². The van der Waals surface area contributed by atoms with Crippen molar-refractivity contribution in [2.75, 3.05) is 5.32 Å². The van der Waals surface area contributed by atoms with Gasteiger partial charge in [-0.3, -0.25) is 10.1 Å². The number of nitrogens with zero attached hydrogens (tertiary/aromatic N) is 4. The first-order chi connectivity index (χ1) is 12.8. The third-order valence-electron chi connectivity index (χ3n) is 4.35. The van der Waals surface area contributed by atoms with Gasteiger partial charge in [-0.1, -0.05) is 6.07 Å². The number of fused-ring (bicyclic) bond motifs is 2. The van der Waals surface area contributed by atoms with Crippen molar-refractivity contribution in [2.24, 2.45) is 0 Å². The quantitative estimate of drug-likeness (QED) is 0.510. The van der Waals surface area contributed by atoms with Gasteiger partial charge in [-0.25, -0.2) is 9.97 Å². The molecule has 5 aromatic rings. The number of aromatic amines is 1. The Labute approximate surface area is 148 Å². The van der Waals surface area contributed by atoms with Crippen molar-refractivity contribution < 1.29 is 4.42 Å². The molecule has 0 fully saturated rings. The van der Waals surface area contributed by atoms with E-state index >= 15 is 0 Å². The maximum atomic E-state index is 6.00. The number of nitrogens with one attached hydrogen (secondary N) is 2. The summed E-state index contributed by atoms with van der Waals surface area (Å²) in [5.41, 5.74) is 4.54. The summed E-state index contributed by atoms with van der Waals surface area (Å²) in [7, 11) is 0. The number of benzene rings is 1. The molecule has 0 aliphatic heterocycles. The molecular formula is C19H14N6O. The zero-order chi connectivity index (χ0) is 17.5. The molecule has 0 unspecified atom stereocenters. The Morgan fingerprint density at radius 2 is 1.88 bits per heavy atom. The number of hydrogen-bond acceptors (Lipinski definition) is 6. The third kappa shape index (κ3) is 2.21. The van der Waals surface area contributed by atoms with Gasteiger partial charge in [-0.15, -0.1) is 0 Å². The fraction of sp³-hybridized carbons (Fsp3) is 0.0526. The second-order valence-corrected chi connectivity index (χ2v) is 5.96. The van der Waals surface area contributed by atoms with Gasteiger partial charge < -0.3 is 9.73 Å². The average molecular weight is 342 g/mol. The minimum atomic E-state index is 0.516. The van der Waals surface area contributed by atoms with Gasteiger partial charge >= 0.3 is 0 Å². The van der Waals surface area contributed by atoms with Crippen LogP contribution in [0.1, 0.15) is 5.56 Å². The van der Waals surface area contributed by atoms with Gasteiger partial charge in [0, 0.05) is 35.1 Å². The molecule has 4 aromatic heterocycles. The van der Waals surface area contributed by atoms with Crippen LogP contribution in [0.2, 0.25) is 0 Å².